The van der Waals surface area contributed by atoms with E-state index < -0.39 is 5.97 Å². The van der Waals surface area contributed by atoms with E-state index in [4.69, 9.17) is 0 Å². The Kier molecular flexibility index (Phi) is 5.23. The molecule has 3 nitrogen and oxygen atoms in total. The monoisotopic (exact) mass is 193 g/mol. The molecule has 0 aromatic heterocycles. The van der Waals surface area contributed by atoms with E-state index in [0.29, 0.717) is 4.48 Å². The second kappa shape index (κ2) is 4.48. The van der Waals surface area contributed by atoms with E-state index in [1.165, 1.54) is 0 Å². The van der Waals surface area contributed by atoms with Crippen LogP contribution in [-0.4, -0.2) is 37.6 Å². The zero-order valence-electron chi connectivity index (χ0n) is 7.96. The van der Waals surface area contributed by atoms with E-state index in [1.54, 1.807) is 0 Å². The van der Waals surface area contributed by atoms with Crippen LogP contribution in [0.1, 0.15) is 6.92 Å². The Hall–Kier alpha value is -0.540. The molecule has 12 heavy (non-hydrogen) atoms. The standard InChI is InChI=1S/C8H15NO2.ClH/c1-6(8(10)11)7(2)9(3,4)5;/h7H,1H2,2-5H3;1H. The van der Waals surface area contributed by atoms with E-state index in [9.17, 15) is 9.90 Å². The number of likely N-dealkylation sites (N-methyl/N-ethyl adjacent to an activating group) is 1. The van der Waals surface area contributed by atoms with Crippen LogP contribution in [0.15, 0.2) is 12.2 Å². The second-order valence-electron chi connectivity index (χ2n) is 3.60. The lowest BCUT2D eigenvalue weighted by Gasteiger charge is -2.33. The average Bonchev–Trinajstić information content (AvgIpc) is 1.82. The summed E-state index contributed by atoms with van der Waals surface area (Å²) in [6, 6.07) is -0.111. The number of hydrogen-bond acceptors (Lipinski definition) is 2. The number of carbonyl (C=O) groups is 1. The van der Waals surface area contributed by atoms with Crippen molar-refractivity contribution in [2.75, 3.05) is 21.1 Å². The number of nitrogens with zero attached hydrogens (tertiary/aromatic N) is 1. The van der Waals surface area contributed by atoms with Crippen molar-refractivity contribution in [3.8, 4) is 0 Å². The summed E-state index contributed by atoms with van der Waals surface area (Å²) >= 11 is 0. The molecule has 72 valence electrons. The molecule has 0 bridgehead atoms. The van der Waals surface area contributed by atoms with Gasteiger partial charge in [-0.05, 0) is 6.92 Å². The van der Waals surface area contributed by atoms with Crippen molar-refractivity contribution >= 4 is 18.4 Å². The van der Waals surface area contributed by atoms with E-state index >= 15 is 0 Å². The van der Waals surface area contributed by atoms with Crippen LogP contribution >= 0.6 is 12.4 Å². The first-order valence-electron chi connectivity index (χ1n) is 3.48. The molecule has 0 fully saturated rings. The van der Waals surface area contributed by atoms with Crippen molar-refractivity contribution < 1.29 is 14.4 Å². The third-order valence-corrected chi connectivity index (χ3v) is 1.93. The Morgan fingerprint density at radius 1 is 1.42 bits per heavy atom. The predicted octanol–water partition coefficient (Wildman–Crippen LogP) is -0.191. The fourth-order valence-corrected chi connectivity index (χ4v) is 0.638. The summed E-state index contributed by atoms with van der Waals surface area (Å²) in [5.41, 5.74) is 0.150. The van der Waals surface area contributed by atoms with Gasteiger partial charge in [0, 0.05) is 5.57 Å². The quantitative estimate of drug-likeness (QED) is 0.461. The highest BCUT2D eigenvalue weighted by Gasteiger charge is 2.21. The first-order chi connectivity index (χ1) is 4.76. The number of quaternary nitrogens is 1. The molecule has 0 aliphatic carbocycles. The van der Waals surface area contributed by atoms with E-state index in [0.717, 1.165) is 0 Å². The summed E-state index contributed by atoms with van der Waals surface area (Å²) in [4.78, 5) is 10.4. The van der Waals surface area contributed by atoms with Gasteiger partial charge in [0.1, 0.15) is 6.04 Å². The zero-order valence-corrected chi connectivity index (χ0v) is 8.77. The van der Waals surface area contributed by atoms with Gasteiger partial charge in [-0.15, -0.1) is 12.4 Å². The fourth-order valence-electron chi connectivity index (χ4n) is 0.638. The Morgan fingerprint density at radius 2 is 1.75 bits per heavy atom. The van der Waals surface area contributed by atoms with E-state index in [1.807, 2.05) is 28.1 Å². The van der Waals surface area contributed by atoms with Crippen LogP contribution in [0, 0.1) is 0 Å². The van der Waals surface area contributed by atoms with Crippen LogP contribution in [0.25, 0.3) is 0 Å². The number of aliphatic carboxylic acids is 1. The number of carboxylic acids is 1. The van der Waals surface area contributed by atoms with Crippen LogP contribution in [0.3, 0.4) is 0 Å². The summed E-state index contributed by atoms with van der Waals surface area (Å²) in [7, 11) is 5.75. The molecule has 4 heteroatoms. The summed E-state index contributed by atoms with van der Waals surface area (Å²) in [6.45, 7) is 5.26. The average molecular weight is 194 g/mol. The smallest absolute Gasteiger partial charge is 0.112 e. The summed E-state index contributed by atoms with van der Waals surface area (Å²) in [5, 5.41) is 10.4. The molecule has 0 aliphatic rings. The topological polar surface area (TPSA) is 40.1 Å². The van der Waals surface area contributed by atoms with Gasteiger partial charge in [-0.2, -0.15) is 0 Å². The molecule has 1 atom stereocenters. The van der Waals surface area contributed by atoms with Gasteiger partial charge in [0.25, 0.3) is 0 Å². The summed E-state index contributed by atoms with van der Waals surface area (Å²) in [6.07, 6.45) is 0. The maximum Gasteiger partial charge on any atom is 0.112 e. The number of hydrogen-bond donors (Lipinski definition) is 0. The molecule has 1 unspecified atom stereocenters. The Labute approximate surface area is 79.7 Å². The van der Waals surface area contributed by atoms with Gasteiger partial charge in [0.15, 0.2) is 0 Å². The lowest BCUT2D eigenvalue weighted by Crippen LogP contribution is -2.47. The molecular weight excluding hydrogens is 178 g/mol. The highest BCUT2D eigenvalue weighted by Crippen LogP contribution is 2.09. The highest BCUT2D eigenvalue weighted by molar-refractivity contribution is 5.85. The Balaban J connectivity index is 0. The molecule has 0 amide bonds. The van der Waals surface area contributed by atoms with Crippen molar-refractivity contribution in [3.05, 3.63) is 12.2 Å². The normalized spacial score (nSPS) is 13.0. The van der Waals surface area contributed by atoms with Gasteiger partial charge in [0.05, 0.1) is 27.1 Å². The molecule has 0 radical (unpaired) electrons. The van der Waals surface area contributed by atoms with Crippen LogP contribution < -0.4 is 5.11 Å². The van der Waals surface area contributed by atoms with E-state index in [2.05, 4.69) is 6.58 Å². The van der Waals surface area contributed by atoms with Crippen molar-refractivity contribution in [1.29, 1.82) is 0 Å². The van der Waals surface area contributed by atoms with Gasteiger partial charge in [-0.3, -0.25) is 0 Å². The molecule has 0 spiro atoms. The second-order valence-corrected chi connectivity index (χ2v) is 3.60. The summed E-state index contributed by atoms with van der Waals surface area (Å²) < 4.78 is 0.548. The molecule has 0 aromatic rings. The Bertz CT molecular complexity index is 184. The number of rotatable bonds is 3. The third kappa shape index (κ3) is 3.74. The molecule has 0 saturated heterocycles. The molecule has 0 rings (SSSR count). The zero-order chi connectivity index (χ0) is 9.23. The SMILES string of the molecule is C=C(C(=O)[O-])C(C)[N+](C)(C)C.Cl. The van der Waals surface area contributed by atoms with Gasteiger partial charge in [-0.1, -0.05) is 6.58 Å². The Morgan fingerprint density at radius 3 is 1.83 bits per heavy atom. The molecule has 0 aliphatic heterocycles. The lowest BCUT2D eigenvalue weighted by molar-refractivity contribution is -0.888. The van der Waals surface area contributed by atoms with E-state index in [-0.39, 0.29) is 24.0 Å². The maximum atomic E-state index is 10.4. The molecule has 0 saturated carbocycles. The van der Waals surface area contributed by atoms with Crippen LogP contribution in [-0.2, 0) is 4.79 Å². The molecule has 0 heterocycles. The predicted molar refractivity (Wildman–Crippen MR) is 48.9 cm³/mol. The minimum absolute atomic E-state index is 0. The van der Waals surface area contributed by atoms with Crippen molar-refractivity contribution in [3.63, 3.8) is 0 Å². The summed E-state index contributed by atoms with van der Waals surface area (Å²) in [5.74, 6) is -1.16. The molecule has 0 N–H and O–H groups in total. The number of carboxylic acid groups (broad SMARTS) is 1. The molecule has 0 aromatic carbocycles. The van der Waals surface area contributed by atoms with Crippen LogP contribution in [0.2, 0.25) is 0 Å². The van der Waals surface area contributed by atoms with Gasteiger partial charge >= 0.3 is 0 Å². The molecular formula is C8H16ClNO2. The lowest BCUT2D eigenvalue weighted by atomic mass is 10.1. The van der Waals surface area contributed by atoms with Crippen molar-refractivity contribution in [2.24, 2.45) is 0 Å². The van der Waals surface area contributed by atoms with Crippen molar-refractivity contribution in [1.82, 2.24) is 0 Å². The first kappa shape index (κ1) is 14.0. The maximum absolute atomic E-state index is 10.4. The van der Waals surface area contributed by atoms with Crippen LogP contribution in [0.4, 0.5) is 0 Å². The van der Waals surface area contributed by atoms with Gasteiger partial charge < -0.3 is 14.4 Å². The minimum Gasteiger partial charge on any atom is -0.545 e. The number of carbonyl (C=O) groups excluding carboxylic acids is 1. The third-order valence-electron chi connectivity index (χ3n) is 1.93. The minimum atomic E-state index is -1.16. The fraction of sp³-hybridized carbons (Fsp3) is 0.625. The van der Waals surface area contributed by atoms with Gasteiger partial charge in [0.2, 0.25) is 0 Å². The highest BCUT2D eigenvalue weighted by atomic mass is 35.5. The number of halogens is 1. The van der Waals surface area contributed by atoms with Crippen LogP contribution in [0.5, 0.6) is 0 Å². The largest absolute Gasteiger partial charge is 0.545 e. The van der Waals surface area contributed by atoms with Gasteiger partial charge in [-0.25, -0.2) is 0 Å². The first-order valence-corrected chi connectivity index (χ1v) is 3.48. The van der Waals surface area contributed by atoms with Crippen molar-refractivity contribution in [2.45, 2.75) is 13.0 Å².